The second-order valence-electron chi connectivity index (χ2n) is 5.57. The van der Waals surface area contributed by atoms with Crippen molar-refractivity contribution in [3.63, 3.8) is 0 Å². The number of primary amides is 1. The van der Waals surface area contributed by atoms with Crippen molar-refractivity contribution in [2.45, 2.75) is 32.8 Å². The molecule has 0 aromatic heterocycles. The van der Waals surface area contributed by atoms with Gasteiger partial charge in [0.1, 0.15) is 5.92 Å². The number of rotatable bonds is 1. The summed E-state index contributed by atoms with van der Waals surface area (Å²) in [5.74, 6) is -1.58. The number of amides is 1. The van der Waals surface area contributed by atoms with Crippen LogP contribution >= 0.6 is 0 Å². The van der Waals surface area contributed by atoms with Crippen molar-refractivity contribution in [2.75, 3.05) is 0 Å². The van der Waals surface area contributed by atoms with E-state index in [1.165, 1.54) is 0 Å². The van der Waals surface area contributed by atoms with Crippen LogP contribution in [0.15, 0.2) is 24.3 Å². The zero-order valence-corrected chi connectivity index (χ0v) is 10.6. The Morgan fingerprint density at radius 3 is 2.11 bits per heavy atom. The molecule has 3 rings (SSSR count). The van der Waals surface area contributed by atoms with Gasteiger partial charge in [-0.1, -0.05) is 38.1 Å². The fourth-order valence-electron chi connectivity index (χ4n) is 3.02. The molecule has 18 heavy (non-hydrogen) atoms. The van der Waals surface area contributed by atoms with Crippen molar-refractivity contribution < 1.29 is 14.3 Å². The van der Waals surface area contributed by atoms with Crippen LogP contribution in [0.1, 0.15) is 25.0 Å². The average Bonchev–Trinajstić information content (AvgIpc) is 2.88. The highest BCUT2D eigenvalue weighted by Crippen LogP contribution is 2.65. The van der Waals surface area contributed by atoms with Crippen LogP contribution in [0.25, 0.3) is 0 Å². The number of hydrogen-bond donors (Lipinski definition) is 1. The van der Waals surface area contributed by atoms with Crippen LogP contribution in [-0.4, -0.2) is 11.7 Å². The third kappa shape index (κ3) is 1.36. The lowest BCUT2D eigenvalue weighted by atomic mass is 10.1. The second-order valence-corrected chi connectivity index (χ2v) is 5.57. The number of hydrogen-bond acceptors (Lipinski definition) is 3. The first-order chi connectivity index (χ1) is 8.49. The number of benzene rings is 1. The third-order valence-corrected chi connectivity index (χ3v) is 4.20. The van der Waals surface area contributed by atoms with Crippen LogP contribution in [0, 0.1) is 11.3 Å². The molecule has 4 nitrogen and oxygen atoms in total. The minimum Gasteiger partial charge on any atom is -0.369 e. The van der Waals surface area contributed by atoms with Crippen molar-refractivity contribution >= 4 is 5.91 Å². The maximum absolute atomic E-state index is 11.5. The Hall–Kier alpha value is -1.39. The molecular weight excluding hydrogens is 230 g/mol. The van der Waals surface area contributed by atoms with E-state index >= 15 is 0 Å². The fourth-order valence-corrected chi connectivity index (χ4v) is 3.02. The Bertz CT molecular complexity index is 483. The average molecular weight is 247 g/mol. The first kappa shape index (κ1) is 11.7. The predicted molar refractivity (Wildman–Crippen MR) is 65.2 cm³/mol. The van der Waals surface area contributed by atoms with E-state index in [1.807, 2.05) is 38.1 Å². The molecule has 2 N–H and O–H groups in total. The largest absolute Gasteiger partial charge is 0.369 e. The van der Waals surface area contributed by atoms with Gasteiger partial charge in [0.15, 0.2) is 5.79 Å². The molecule has 0 saturated heterocycles. The molecule has 1 atom stereocenters. The highest BCUT2D eigenvalue weighted by atomic mass is 16.7. The summed E-state index contributed by atoms with van der Waals surface area (Å²) in [4.78, 5) is 11.5. The Kier molecular flexibility index (Phi) is 2.31. The van der Waals surface area contributed by atoms with Gasteiger partial charge >= 0.3 is 0 Å². The molecule has 1 fully saturated rings. The minimum absolute atomic E-state index is 0.356. The summed E-state index contributed by atoms with van der Waals surface area (Å²) in [5.41, 5.74) is 7.30. The highest BCUT2D eigenvalue weighted by molar-refractivity contribution is 5.83. The number of carbonyl (C=O) groups excluding carboxylic acids is 1. The van der Waals surface area contributed by atoms with Crippen LogP contribution in [-0.2, 0) is 27.5 Å². The summed E-state index contributed by atoms with van der Waals surface area (Å²) in [6, 6.07) is 7.99. The quantitative estimate of drug-likeness (QED) is 0.819. The summed E-state index contributed by atoms with van der Waals surface area (Å²) in [6.07, 6.45) is 0. The van der Waals surface area contributed by atoms with E-state index in [9.17, 15) is 4.79 Å². The van der Waals surface area contributed by atoms with E-state index in [0.717, 1.165) is 11.1 Å². The van der Waals surface area contributed by atoms with E-state index in [1.54, 1.807) is 0 Å². The van der Waals surface area contributed by atoms with Gasteiger partial charge in [-0.15, -0.1) is 0 Å². The van der Waals surface area contributed by atoms with Crippen LogP contribution in [0.5, 0.6) is 0 Å². The number of nitrogens with two attached hydrogens (primary N) is 1. The normalized spacial score (nSPS) is 27.3. The van der Waals surface area contributed by atoms with Crippen LogP contribution in [0.4, 0.5) is 0 Å². The maximum atomic E-state index is 11.5. The first-order valence-corrected chi connectivity index (χ1v) is 6.13. The SMILES string of the molecule is CC1(C)C(C(N)=O)C12OCc1ccccc1CO2. The van der Waals surface area contributed by atoms with Gasteiger partial charge in [0.2, 0.25) is 5.91 Å². The van der Waals surface area contributed by atoms with E-state index in [0.29, 0.717) is 13.2 Å². The Morgan fingerprint density at radius 2 is 1.72 bits per heavy atom. The number of carbonyl (C=O) groups is 1. The van der Waals surface area contributed by atoms with Gasteiger partial charge in [0.25, 0.3) is 0 Å². The van der Waals surface area contributed by atoms with Crippen molar-refractivity contribution in [3.8, 4) is 0 Å². The maximum Gasteiger partial charge on any atom is 0.226 e. The lowest BCUT2D eigenvalue weighted by molar-refractivity contribution is -0.201. The van der Waals surface area contributed by atoms with Crippen LogP contribution in [0.3, 0.4) is 0 Å². The molecule has 0 radical (unpaired) electrons. The van der Waals surface area contributed by atoms with E-state index in [-0.39, 0.29) is 17.2 Å². The highest BCUT2D eigenvalue weighted by Gasteiger charge is 2.77. The summed E-state index contributed by atoms with van der Waals surface area (Å²) in [5, 5.41) is 0. The molecule has 1 aliphatic heterocycles. The smallest absolute Gasteiger partial charge is 0.226 e. The lowest BCUT2D eigenvalue weighted by Gasteiger charge is -2.18. The van der Waals surface area contributed by atoms with Gasteiger partial charge in [0, 0.05) is 5.41 Å². The standard InChI is InChI=1S/C14H17NO3/c1-13(2)11(12(15)16)14(13)17-7-9-5-3-4-6-10(9)8-18-14/h3-6,11H,7-8H2,1-2H3,(H2,15,16). The molecule has 1 aromatic carbocycles. The van der Waals surface area contributed by atoms with Crippen molar-refractivity contribution in [3.05, 3.63) is 35.4 Å². The molecule has 2 aliphatic rings. The lowest BCUT2D eigenvalue weighted by Crippen LogP contribution is -2.27. The number of ether oxygens (including phenoxy) is 2. The van der Waals surface area contributed by atoms with Crippen molar-refractivity contribution in [2.24, 2.45) is 17.1 Å². The Morgan fingerprint density at radius 1 is 1.22 bits per heavy atom. The Balaban J connectivity index is 1.90. The van der Waals surface area contributed by atoms with E-state index in [2.05, 4.69) is 0 Å². The zero-order chi connectivity index (χ0) is 13.0. The van der Waals surface area contributed by atoms with Crippen LogP contribution in [0.2, 0.25) is 0 Å². The fraction of sp³-hybridized carbons (Fsp3) is 0.500. The van der Waals surface area contributed by atoms with Gasteiger partial charge < -0.3 is 15.2 Å². The minimum atomic E-state index is -0.849. The summed E-state index contributed by atoms with van der Waals surface area (Å²) in [7, 11) is 0. The zero-order valence-electron chi connectivity index (χ0n) is 10.6. The second kappa shape index (κ2) is 3.56. The van der Waals surface area contributed by atoms with E-state index < -0.39 is 5.79 Å². The number of fused-ring (bicyclic) bond motifs is 1. The van der Waals surface area contributed by atoms with Crippen molar-refractivity contribution in [1.29, 1.82) is 0 Å². The predicted octanol–water partition coefficient (Wildman–Crippen LogP) is 1.57. The molecular formula is C14H17NO3. The van der Waals surface area contributed by atoms with Crippen molar-refractivity contribution in [1.82, 2.24) is 0 Å². The molecule has 4 heteroatoms. The van der Waals surface area contributed by atoms with E-state index in [4.69, 9.17) is 15.2 Å². The molecule has 1 spiro atoms. The molecule has 1 aliphatic carbocycles. The summed E-state index contributed by atoms with van der Waals surface area (Å²) in [6.45, 7) is 4.84. The summed E-state index contributed by atoms with van der Waals surface area (Å²) >= 11 is 0. The molecule has 1 unspecified atom stereocenters. The van der Waals surface area contributed by atoms with Gasteiger partial charge in [-0.25, -0.2) is 0 Å². The summed E-state index contributed by atoms with van der Waals surface area (Å²) < 4.78 is 11.8. The monoisotopic (exact) mass is 247 g/mol. The Labute approximate surface area is 106 Å². The van der Waals surface area contributed by atoms with Gasteiger partial charge in [0.05, 0.1) is 13.2 Å². The van der Waals surface area contributed by atoms with Gasteiger partial charge in [-0.05, 0) is 11.1 Å². The topological polar surface area (TPSA) is 61.6 Å². The first-order valence-electron chi connectivity index (χ1n) is 6.13. The molecule has 1 aromatic rings. The third-order valence-electron chi connectivity index (χ3n) is 4.20. The molecule has 1 saturated carbocycles. The molecule has 1 amide bonds. The van der Waals surface area contributed by atoms with Crippen LogP contribution < -0.4 is 5.73 Å². The molecule has 0 bridgehead atoms. The molecule has 96 valence electrons. The van der Waals surface area contributed by atoms with Gasteiger partial charge in [-0.2, -0.15) is 0 Å². The van der Waals surface area contributed by atoms with Gasteiger partial charge in [-0.3, -0.25) is 4.79 Å². The molecule has 1 heterocycles.